The minimum atomic E-state index is -1.05. The minimum Gasteiger partial charge on any atom is -0.480 e. The highest BCUT2D eigenvalue weighted by Crippen LogP contribution is 2.15. The number of nitrogens with one attached hydrogen (secondary N) is 2. The number of nitrogens with zero attached hydrogens (tertiary/aromatic N) is 1. The number of carboxylic acids is 1. The largest absolute Gasteiger partial charge is 0.480 e. The third-order valence-corrected chi connectivity index (χ3v) is 4.21. The summed E-state index contributed by atoms with van der Waals surface area (Å²) in [5.41, 5.74) is 0.745. The summed E-state index contributed by atoms with van der Waals surface area (Å²) in [5.74, 6) is -1.07. The molecule has 0 bridgehead atoms. The Bertz CT molecular complexity index is 610. The molecule has 3 N–H and O–H groups in total. The second kappa shape index (κ2) is 11.2. The predicted octanol–water partition coefficient (Wildman–Crippen LogP) is 3.15. The van der Waals surface area contributed by atoms with Gasteiger partial charge in [0.2, 0.25) is 5.91 Å². The quantitative estimate of drug-likeness (QED) is 0.572. The van der Waals surface area contributed by atoms with Gasteiger partial charge in [0, 0.05) is 0 Å². The zero-order valence-electron chi connectivity index (χ0n) is 14.9. The molecule has 0 spiro atoms. The molecule has 0 radical (unpaired) electrons. The van der Waals surface area contributed by atoms with Gasteiger partial charge < -0.3 is 15.7 Å². The standard InChI is InChI=1S/C19H27N3O3/c1-3-5-8-14(4-2)13-21-17(19(24)25)11-18(23)22-16-10-7-6-9-15(16)12-20/h6-7,9-10,14,17,21H,3-5,8,11,13H2,1-2H3,(H,22,23)(H,24,25)/t14-,17-/m0/s1. The zero-order chi connectivity index (χ0) is 18.7. The van der Waals surface area contributed by atoms with Gasteiger partial charge in [0.25, 0.3) is 0 Å². The fraction of sp³-hybridized carbons (Fsp3) is 0.526. The van der Waals surface area contributed by atoms with Crippen LogP contribution in [-0.4, -0.2) is 29.6 Å². The first kappa shape index (κ1) is 20.7. The third kappa shape index (κ3) is 7.36. The van der Waals surface area contributed by atoms with E-state index in [4.69, 9.17) is 5.26 Å². The molecule has 0 aromatic heterocycles. The van der Waals surface area contributed by atoms with Gasteiger partial charge in [-0.1, -0.05) is 45.2 Å². The van der Waals surface area contributed by atoms with Gasteiger partial charge in [-0.25, -0.2) is 0 Å². The lowest BCUT2D eigenvalue weighted by Gasteiger charge is -2.19. The molecule has 0 unspecified atom stereocenters. The van der Waals surface area contributed by atoms with E-state index in [-0.39, 0.29) is 6.42 Å². The van der Waals surface area contributed by atoms with Crippen LogP contribution in [0.4, 0.5) is 5.69 Å². The second-order valence-electron chi connectivity index (χ2n) is 6.13. The summed E-state index contributed by atoms with van der Waals surface area (Å²) >= 11 is 0. The van der Waals surface area contributed by atoms with Crippen molar-refractivity contribution in [2.45, 2.75) is 52.0 Å². The highest BCUT2D eigenvalue weighted by atomic mass is 16.4. The molecule has 0 aliphatic heterocycles. The maximum Gasteiger partial charge on any atom is 0.321 e. The molecular weight excluding hydrogens is 318 g/mol. The van der Waals surface area contributed by atoms with Crippen LogP contribution in [0.25, 0.3) is 0 Å². The third-order valence-electron chi connectivity index (χ3n) is 4.21. The lowest BCUT2D eigenvalue weighted by Crippen LogP contribution is -2.42. The molecule has 2 atom stereocenters. The van der Waals surface area contributed by atoms with Crippen LogP contribution in [0, 0.1) is 17.2 Å². The molecular formula is C19H27N3O3. The van der Waals surface area contributed by atoms with Gasteiger partial charge in [-0.2, -0.15) is 5.26 Å². The Hall–Kier alpha value is -2.39. The minimum absolute atomic E-state index is 0.181. The molecule has 25 heavy (non-hydrogen) atoms. The summed E-state index contributed by atoms with van der Waals surface area (Å²) in [4.78, 5) is 23.6. The van der Waals surface area contributed by atoms with Gasteiger partial charge in [0.15, 0.2) is 0 Å². The molecule has 6 heteroatoms. The maximum atomic E-state index is 12.2. The van der Waals surface area contributed by atoms with E-state index in [1.807, 2.05) is 6.07 Å². The first-order valence-corrected chi connectivity index (χ1v) is 8.76. The van der Waals surface area contributed by atoms with Crippen LogP contribution in [0.5, 0.6) is 0 Å². The molecule has 136 valence electrons. The van der Waals surface area contributed by atoms with E-state index in [0.29, 0.717) is 23.7 Å². The summed E-state index contributed by atoms with van der Waals surface area (Å²) in [5, 5.41) is 24.0. The van der Waals surface area contributed by atoms with E-state index in [0.717, 1.165) is 25.7 Å². The van der Waals surface area contributed by atoms with Crippen LogP contribution in [-0.2, 0) is 9.59 Å². The van der Waals surface area contributed by atoms with Gasteiger partial charge in [-0.05, 0) is 31.0 Å². The number of carbonyl (C=O) groups is 2. The Morgan fingerprint density at radius 1 is 1.28 bits per heavy atom. The summed E-state index contributed by atoms with van der Waals surface area (Å²) in [6.45, 7) is 4.79. The summed E-state index contributed by atoms with van der Waals surface area (Å²) < 4.78 is 0. The number of para-hydroxylation sites is 1. The van der Waals surface area contributed by atoms with Crippen molar-refractivity contribution in [2.75, 3.05) is 11.9 Å². The molecule has 1 aromatic rings. The molecule has 0 saturated carbocycles. The molecule has 0 fully saturated rings. The molecule has 6 nitrogen and oxygen atoms in total. The smallest absolute Gasteiger partial charge is 0.321 e. The number of rotatable bonds is 11. The number of hydrogen-bond acceptors (Lipinski definition) is 4. The predicted molar refractivity (Wildman–Crippen MR) is 97.1 cm³/mol. The van der Waals surface area contributed by atoms with Crippen LogP contribution >= 0.6 is 0 Å². The monoisotopic (exact) mass is 345 g/mol. The van der Waals surface area contributed by atoms with Crippen LogP contribution in [0.2, 0.25) is 0 Å². The highest BCUT2D eigenvalue weighted by Gasteiger charge is 2.22. The van der Waals surface area contributed by atoms with Crippen molar-refractivity contribution in [3.05, 3.63) is 29.8 Å². The molecule has 1 amide bonds. The average Bonchev–Trinajstić information content (AvgIpc) is 2.61. The number of carbonyl (C=O) groups excluding carboxylic acids is 1. The first-order valence-electron chi connectivity index (χ1n) is 8.76. The van der Waals surface area contributed by atoms with E-state index in [9.17, 15) is 14.7 Å². The van der Waals surface area contributed by atoms with Crippen molar-refractivity contribution in [1.82, 2.24) is 5.32 Å². The molecule has 0 heterocycles. The molecule has 0 saturated heterocycles. The second-order valence-corrected chi connectivity index (χ2v) is 6.13. The fourth-order valence-electron chi connectivity index (χ4n) is 2.58. The van der Waals surface area contributed by atoms with Crippen molar-refractivity contribution < 1.29 is 14.7 Å². The van der Waals surface area contributed by atoms with Gasteiger partial charge in [-0.3, -0.25) is 9.59 Å². The van der Waals surface area contributed by atoms with Gasteiger partial charge >= 0.3 is 5.97 Å². The molecule has 1 rings (SSSR count). The van der Waals surface area contributed by atoms with Crippen molar-refractivity contribution in [1.29, 1.82) is 5.26 Å². The molecule has 0 aliphatic rings. The SMILES string of the molecule is CCCC[C@H](CC)CN[C@@H](CC(=O)Nc1ccccc1C#N)C(=O)O. The Labute approximate surface area is 149 Å². The highest BCUT2D eigenvalue weighted by molar-refractivity contribution is 5.95. The zero-order valence-corrected chi connectivity index (χ0v) is 14.9. The number of hydrogen-bond donors (Lipinski definition) is 3. The number of aliphatic carboxylic acids is 1. The van der Waals surface area contributed by atoms with E-state index in [2.05, 4.69) is 24.5 Å². The number of carboxylic acid groups (broad SMARTS) is 1. The van der Waals surface area contributed by atoms with Gasteiger partial charge in [0.1, 0.15) is 12.1 Å². The summed E-state index contributed by atoms with van der Waals surface area (Å²) in [6, 6.07) is 7.70. The Morgan fingerprint density at radius 2 is 2.00 bits per heavy atom. The lowest BCUT2D eigenvalue weighted by atomic mass is 9.99. The van der Waals surface area contributed by atoms with Crippen molar-refractivity contribution in [2.24, 2.45) is 5.92 Å². The average molecular weight is 345 g/mol. The number of anilines is 1. The van der Waals surface area contributed by atoms with E-state index in [1.165, 1.54) is 0 Å². The van der Waals surface area contributed by atoms with Crippen LogP contribution in [0.15, 0.2) is 24.3 Å². The Morgan fingerprint density at radius 3 is 2.60 bits per heavy atom. The molecule has 1 aromatic carbocycles. The number of amides is 1. The number of nitriles is 1. The summed E-state index contributed by atoms with van der Waals surface area (Å²) in [7, 11) is 0. The Balaban J connectivity index is 2.60. The fourth-order valence-corrected chi connectivity index (χ4v) is 2.58. The summed E-state index contributed by atoms with van der Waals surface area (Å²) in [6.07, 6.45) is 4.07. The van der Waals surface area contributed by atoms with Crippen LogP contribution < -0.4 is 10.6 Å². The lowest BCUT2D eigenvalue weighted by molar-refractivity contribution is -0.141. The van der Waals surface area contributed by atoms with Crippen LogP contribution in [0.3, 0.4) is 0 Å². The van der Waals surface area contributed by atoms with Gasteiger partial charge in [0.05, 0.1) is 17.7 Å². The Kier molecular flexibility index (Phi) is 9.26. The van der Waals surface area contributed by atoms with Crippen molar-refractivity contribution in [3.63, 3.8) is 0 Å². The number of benzene rings is 1. The van der Waals surface area contributed by atoms with Crippen LogP contribution in [0.1, 0.15) is 51.5 Å². The number of unbranched alkanes of at least 4 members (excludes halogenated alkanes) is 1. The van der Waals surface area contributed by atoms with E-state index >= 15 is 0 Å². The van der Waals surface area contributed by atoms with Gasteiger partial charge in [-0.15, -0.1) is 0 Å². The van der Waals surface area contributed by atoms with E-state index < -0.39 is 17.9 Å². The normalized spacial score (nSPS) is 12.8. The topological polar surface area (TPSA) is 102 Å². The maximum absolute atomic E-state index is 12.2. The first-order chi connectivity index (χ1) is 12.0. The molecule has 0 aliphatic carbocycles. The van der Waals surface area contributed by atoms with Crippen molar-refractivity contribution in [3.8, 4) is 6.07 Å². The van der Waals surface area contributed by atoms with Crippen molar-refractivity contribution >= 4 is 17.6 Å². The van der Waals surface area contributed by atoms with E-state index in [1.54, 1.807) is 24.3 Å².